The van der Waals surface area contributed by atoms with Gasteiger partial charge in [0.05, 0.1) is 6.61 Å². The fourth-order valence-corrected chi connectivity index (χ4v) is 1.00. The maximum atomic E-state index is 10.7. The van der Waals surface area contributed by atoms with Gasteiger partial charge in [0.2, 0.25) is 0 Å². The maximum Gasteiger partial charge on any atom is 0.339 e. The van der Waals surface area contributed by atoms with Crippen molar-refractivity contribution in [3.05, 3.63) is 29.8 Å². The van der Waals surface area contributed by atoms with E-state index >= 15 is 0 Å². The quantitative estimate of drug-likeness (QED) is 0.723. The minimum atomic E-state index is -0.988. The van der Waals surface area contributed by atoms with Crippen molar-refractivity contribution in [2.75, 3.05) is 20.3 Å². The summed E-state index contributed by atoms with van der Waals surface area (Å²) in [6, 6.07) is 6.52. The minimum Gasteiger partial charge on any atom is -0.490 e. The van der Waals surface area contributed by atoms with Gasteiger partial charge in [-0.3, -0.25) is 0 Å². The minimum absolute atomic E-state index is 0.170. The summed E-state index contributed by atoms with van der Waals surface area (Å²) in [5, 5.41) is 8.81. The zero-order valence-corrected chi connectivity index (χ0v) is 7.90. The highest BCUT2D eigenvalue weighted by Gasteiger charge is 2.09. The first-order valence-electron chi connectivity index (χ1n) is 4.19. The van der Waals surface area contributed by atoms with Crippen molar-refractivity contribution in [3.63, 3.8) is 0 Å². The summed E-state index contributed by atoms with van der Waals surface area (Å²) in [6.07, 6.45) is 0. The summed E-state index contributed by atoms with van der Waals surface area (Å²) in [5.41, 5.74) is 0.170. The predicted molar refractivity (Wildman–Crippen MR) is 50.8 cm³/mol. The number of para-hydroxylation sites is 1. The van der Waals surface area contributed by atoms with Crippen molar-refractivity contribution in [1.82, 2.24) is 0 Å². The van der Waals surface area contributed by atoms with Crippen molar-refractivity contribution < 1.29 is 19.4 Å². The lowest BCUT2D eigenvalue weighted by molar-refractivity contribution is 0.0689. The fourth-order valence-electron chi connectivity index (χ4n) is 1.00. The molecule has 0 aliphatic carbocycles. The molecule has 0 aliphatic rings. The van der Waals surface area contributed by atoms with E-state index in [1.807, 2.05) is 0 Å². The second kappa shape index (κ2) is 5.24. The summed E-state index contributed by atoms with van der Waals surface area (Å²) in [7, 11) is 1.56. The first-order chi connectivity index (χ1) is 6.75. The van der Waals surface area contributed by atoms with Gasteiger partial charge in [0.1, 0.15) is 17.9 Å². The normalized spacial score (nSPS) is 9.79. The molecule has 1 aromatic carbocycles. The van der Waals surface area contributed by atoms with Crippen molar-refractivity contribution in [2.24, 2.45) is 0 Å². The number of methoxy groups -OCH3 is 1. The van der Waals surface area contributed by atoms with Crippen LogP contribution in [0.25, 0.3) is 0 Å². The first-order valence-corrected chi connectivity index (χ1v) is 4.19. The largest absolute Gasteiger partial charge is 0.490 e. The Bertz CT molecular complexity index is 309. The summed E-state index contributed by atoms with van der Waals surface area (Å²) in [5.74, 6) is -0.616. The Balaban J connectivity index is 2.69. The van der Waals surface area contributed by atoms with Crippen LogP contribution in [0, 0.1) is 0 Å². The number of carboxylic acids is 1. The van der Waals surface area contributed by atoms with Gasteiger partial charge in [-0.2, -0.15) is 0 Å². The molecule has 14 heavy (non-hydrogen) atoms. The van der Waals surface area contributed by atoms with Gasteiger partial charge in [-0.15, -0.1) is 0 Å². The van der Waals surface area contributed by atoms with E-state index in [0.717, 1.165) is 0 Å². The molecule has 1 rings (SSSR count). The third kappa shape index (κ3) is 2.74. The smallest absolute Gasteiger partial charge is 0.339 e. The Hall–Kier alpha value is -1.55. The number of carboxylic acid groups (broad SMARTS) is 1. The molecule has 0 saturated carbocycles. The van der Waals surface area contributed by atoms with Crippen molar-refractivity contribution >= 4 is 5.97 Å². The van der Waals surface area contributed by atoms with Gasteiger partial charge in [0.25, 0.3) is 0 Å². The molecule has 0 aliphatic heterocycles. The number of rotatable bonds is 5. The highest BCUT2D eigenvalue weighted by Crippen LogP contribution is 2.17. The molecule has 0 atom stereocenters. The van der Waals surface area contributed by atoms with Gasteiger partial charge in [-0.25, -0.2) is 4.79 Å². The first kappa shape index (κ1) is 10.5. The number of ether oxygens (including phenoxy) is 2. The number of hydrogen-bond acceptors (Lipinski definition) is 3. The lowest BCUT2D eigenvalue weighted by atomic mass is 10.2. The zero-order valence-electron chi connectivity index (χ0n) is 7.90. The van der Waals surface area contributed by atoms with Gasteiger partial charge in [0, 0.05) is 7.11 Å². The van der Waals surface area contributed by atoms with Crippen molar-refractivity contribution in [3.8, 4) is 5.75 Å². The highest BCUT2D eigenvalue weighted by molar-refractivity contribution is 5.90. The van der Waals surface area contributed by atoms with Crippen LogP contribution in [0.15, 0.2) is 24.3 Å². The Morgan fingerprint density at radius 3 is 2.71 bits per heavy atom. The molecule has 4 nitrogen and oxygen atoms in total. The topological polar surface area (TPSA) is 55.8 Å². The van der Waals surface area contributed by atoms with Crippen LogP contribution in [0.3, 0.4) is 0 Å². The second-order valence-electron chi connectivity index (χ2n) is 2.64. The molecule has 0 unspecified atom stereocenters. The average Bonchev–Trinajstić information content (AvgIpc) is 2.19. The highest BCUT2D eigenvalue weighted by atomic mass is 16.5. The lowest BCUT2D eigenvalue weighted by Gasteiger charge is -2.07. The Labute approximate surface area is 82.1 Å². The summed E-state index contributed by atoms with van der Waals surface area (Å²) in [4.78, 5) is 10.7. The summed E-state index contributed by atoms with van der Waals surface area (Å²) >= 11 is 0. The van der Waals surface area contributed by atoms with Crippen LogP contribution in [0.4, 0.5) is 0 Å². The molecule has 0 bridgehead atoms. The third-order valence-corrected chi connectivity index (χ3v) is 1.66. The molecule has 0 radical (unpaired) electrons. The van der Waals surface area contributed by atoms with Crippen LogP contribution in [0.1, 0.15) is 10.4 Å². The molecule has 4 heteroatoms. The average molecular weight is 196 g/mol. The molecule has 0 spiro atoms. The number of aromatic carboxylic acids is 1. The van der Waals surface area contributed by atoms with E-state index in [2.05, 4.69) is 0 Å². The van der Waals surface area contributed by atoms with Crippen LogP contribution < -0.4 is 4.74 Å². The van der Waals surface area contributed by atoms with Gasteiger partial charge < -0.3 is 14.6 Å². The van der Waals surface area contributed by atoms with E-state index in [0.29, 0.717) is 19.0 Å². The standard InChI is InChI=1S/C10H12O4/c1-13-6-7-14-9-5-3-2-4-8(9)10(11)12/h2-5H,6-7H2,1H3,(H,11,12). The van der Waals surface area contributed by atoms with Crippen LogP contribution in [0.5, 0.6) is 5.75 Å². The van der Waals surface area contributed by atoms with Gasteiger partial charge in [0.15, 0.2) is 0 Å². The molecule has 0 saturated heterocycles. The van der Waals surface area contributed by atoms with Crippen LogP contribution in [0.2, 0.25) is 0 Å². The van der Waals surface area contributed by atoms with E-state index < -0.39 is 5.97 Å². The molecule has 1 aromatic rings. The van der Waals surface area contributed by atoms with E-state index in [1.165, 1.54) is 6.07 Å². The maximum absolute atomic E-state index is 10.7. The predicted octanol–water partition coefficient (Wildman–Crippen LogP) is 1.41. The molecule has 0 fully saturated rings. The number of benzene rings is 1. The second-order valence-corrected chi connectivity index (χ2v) is 2.64. The van der Waals surface area contributed by atoms with E-state index in [4.69, 9.17) is 14.6 Å². The van der Waals surface area contributed by atoms with Crippen molar-refractivity contribution in [1.29, 1.82) is 0 Å². The summed E-state index contributed by atoms with van der Waals surface area (Å²) in [6.45, 7) is 0.786. The molecule has 1 N–H and O–H groups in total. The molecular weight excluding hydrogens is 184 g/mol. The van der Waals surface area contributed by atoms with Crippen LogP contribution >= 0.6 is 0 Å². The van der Waals surface area contributed by atoms with E-state index in [9.17, 15) is 4.79 Å². The van der Waals surface area contributed by atoms with E-state index in [1.54, 1.807) is 25.3 Å². The third-order valence-electron chi connectivity index (χ3n) is 1.66. The Kier molecular flexibility index (Phi) is 3.94. The van der Waals surface area contributed by atoms with E-state index in [-0.39, 0.29) is 5.56 Å². The zero-order chi connectivity index (χ0) is 10.4. The van der Waals surface area contributed by atoms with Gasteiger partial charge in [-0.1, -0.05) is 12.1 Å². The number of carbonyl (C=O) groups is 1. The molecule has 76 valence electrons. The molecular formula is C10H12O4. The van der Waals surface area contributed by atoms with Crippen LogP contribution in [-0.4, -0.2) is 31.4 Å². The lowest BCUT2D eigenvalue weighted by Crippen LogP contribution is -2.07. The Morgan fingerprint density at radius 2 is 2.07 bits per heavy atom. The molecule has 0 heterocycles. The van der Waals surface area contributed by atoms with Gasteiger partial charge >= 0.3 is 5.97 Å². The SMILES string of the molecule is COCCOc1ccccc1C(=O)O. The van der Waals surface area contributed by atoms with Crippen LogP contribution in [-0.2, 0) is 4.74 Å². The monoisotopic (exact) mass is 196 g/mol. The van der Waals surface area contributed by atoms with Gasteiger partial charge in [-0.05, 0) is 12.1 Å². The Morgan fingerprint density at radius 1 is 1.36 bits per heavy atom. The fraction of sp³-hybridized carbons (Fsp3) is 0.300. The molecule has 0 amide bonds. The summed E-state index contributed by atoms with van der Waals surface area (Å²) < 4.78 is 10.0. The van der Waals surface area contributed by atoms with Crippen molar-refractivity contribution in [2.45, 2.75) is 0 Å². The molecule has 0 aromatic heterocycles. The number of hydrogen-bond donors (Lipinski definition) is 1.